The molecule has 4 N–H and O–H groups in total. The number of urea groups is 1. The average Bonchev–Trinajstić information content (AvgIpc) is 2.81. The molecule has 1 aromatic rings. The normalized spacial score (nSPS) is 22.7. The molecule has 0 aromatic heterocycles. The number of carbonyl (C=O) groups excluding carboxylic acids is 2. The Kier molecular flexibility index (Phi) is 5.77. The van der Waals surface area contributed by atoms with E-state index in [1.807, 2.05) is 25.2 Å². The number of nitrogens with two attached hydrogens (primary N) is 1. The van der Waals surface area contributed by atoms with E-state index in [1.165, 1.54) is 4.90 Å². The van der Waals surface area contributed by atoms with Gasteiger partial charge in [-0.25, -0.2) is 9.69 Å². The van der Waals surface area contributed by atoms with Gasteiger partial charge in [-0.1, -0.05) is 6.07 Å². The number of para-hydroxylation sites is 1. The summed E-state index contributed by atoms with van der Waals surface area (Å²) in [5.74, 6) is 1.23. The number of amides is 3. The number of quaternary nitrogens is 2. The SMILES string of the molecule is COc1cccc(C[NH+](C)CN2C(=O)NC3(CC(C)(C)[NH2+]C(C)(C)C3)C2=O)c1OC. The van der Waals surface area contributed by atoms with Gasteiger partial charge in [0.15, 0.2) is 18.2 Å². The van der Waals surface area contributed by atoms with Crippen molar-refractivity contribution in [1.82, 2.24) is 10.2 Å². The van der Waals surface area contributed by atoms with Crippen molar-refractivity contribution in [3.05, 3.63) is 23.8 Å². The zero-order chi connectivity index (χ0) is 22.3. The Labute approximate surface area is 178 Å². The highest BCUT2D eigenvalue weighted by molar-refractivity contribution is 6.07. The average molecular weight is 421 g/mol. The van der Waals surface area contributed by atoms with Crippen LogP contribution in [0.4, 0.5) is 4.79 Å². The van der Waals surface area contributed by atoms with E-state index < -0.39 is 5.54 Å². The van der Waals surface area contributed by atoms with Gasteiger partial charge in [0.25, 0.3) is 5.91 Å². The Morgan fingerprint density at radius 3 is 2.30 bits per heavy atom. The van der Waals surface area contributed by atoms with E-state index in [-0.39, 0.29) is 29.7 Å². The van der Waals surface area contributed by atoms with Crippen LogP contribution in [0.3, 0.4) is 0 Å². The summed E-state index contributed by atoms with van der Waals surface area (Å²) in [6.07, 6.45) is 1.24. The van der Waals surface area contributed by atoms with Crippen LogP contribution in [-0.2, 0) is 11.3 Å². The molecule has 2 heterocycles. The number of benzene rings is 1. The quantitative estimate of drug-likeness (QED) is 0.560. The lowest BCUT2D eigenvalue weighted by atomic mass is 9.71. The molecule has 30 heavy (non-hydrogen) atoms. The highest BCUT2D eigenvalue weighted by Gasteiger charge is 2.61. The van der Waals surface area contributed by atoms with Gasteiger partial charge >= 0.3 is 6.03 Å². The van der Waals surface area contributed by atoms with E-state index in [9.17, 15) is 9.59 Å². The number of rotatable bonds is 6. The minimum atomic E-state index is -0.827. The molecule has 1 atom stereocenters. The number of imide groups is 1. The largest absolute Gasteiger partial charge is 0.493 e. The fourth-order valence-electron chi connectivity index (χ4n) is 5.58. The Balaban J connectivity index is 1.76. The lowest BCUT2D eigenvalue weighted by Gasteiger charge is -2.46. The molecule has 1 unspecified atom stereocenters. The summed E-state index contributed by atoms with van der Waals surface area (Å²) < 4.78 is 10.9. The first-order valence-corrected chi connectivity index (χ1v) is 10.4. The Hall–Kier alpha value is -2.32. The molecule has 3 rings (SSSR count). The molecular weight excluding hydrogens is 384 g/mol. The van der Waals surface area contributed by atoms with Gasteiger partial charge in [0.1, 0.15) is 12.1 Å². The number of nitrogens with one attached hydrogen (secondary N) is 2. The third-order valence-electron chi connectivity index (χ3n) is 5.95. The second-order valence-corrected chi connectivity index (χ2v) is 10.2. The predicted molar refractivity (Wildman–Crippen MR) is 112 cm³/mol. The van der Waals surface area contributed by atoms with E-state index in [0.29, 0.717) is 30.9 Å². The molecule has 166 valence electrons. The highest BCUT2D eigenvalue weighted by atomic mass is 16.5. The van der Waals surface area contributed by atoms with Gasteiger partial charge < -0.3 is 25.0 Å². The summed E-state index contributed by atoms with van der Waals surface area (Å²) in [6.45, 7) is 9.40. The third kappa shape index (κ3) is 4.25. The van der Waals surface area contributed by atoms with E-state index in [1.54, 1.807) is 14.2 Å². The number of nitrogens with zero attached hydrogens (tertiary/aromatic N) is 1. The zero-order valence-electron chi connectivity index (χ0n) is 19.2. The molecule has 8 nitrogen and oxygen atoms in total. The van der Waals surface area contributed by atoms with Crippen molar-refractivity contribution >= 4 is 11.9 Å². The predicted octanol–water partition coefficient (Wildman–Crippen LogP) is -0.119. The van der Waals surface area contributed by atoms with Crippen LogP contribution in [0.2, 0.25) is 0 Å². The maximum Gasteiger partial charge on any atom is 0.329 e. The minimum absolute atomic E-state index is 0.112. The van der Waals surface area contributed by atoms with Crippen molar-refractivity contribution in [1.29, 1.82) is 0 Å². The molecule has 0 radical (unpaired) electrons. The molecule has 2 aliphatic heterocycles. The van der Waals surface area contributed by atoms with Crippen LogP contribution in [-0.4, -0.2) is 61.4 Å². The summed E-state index contributed by atoms with van der Waals surface area (Å²) in [6, 6.07) is 5.43. The first kappa shape index (κ1) is 22.4. The summed E-state index contributed by atoms with van der Waals surface area (Å²) in [4.78, 5) is 28.6. The van der Waals surface area contributed by atoms with Crippen molar-refractivity contribution < 1.29 is 29.3 Å². The summed E-state index contributed by atoms with van der Waals surface area (Å²) in [5, 5.41) is 5.36. The Bertz CT molecular complexity index is 820. The number of hydrogen-bond acceptors (Lipinski definition) is 4. The number of ether oxygens (including phenoxy) is 2. The lowest BCUT2D eigenvalue weighted by molar-refractivity contribution is -0.901. The molecule has 2 saturated heterocycles. The number of piperidine rings is 1. The van der Waals surface area contributed by atoms with Crippen molar-refractivity contribution in [2.75, 3.05) is 27.9 Å². The lowest BCUT2D eigenvalue weighted by Crippen LogP contribution is -3.09. The van der Waals surface area contributed by atoms with E-state index in [2.05, 4.69) is 38.3 Å². The van der Waals surface area contributed by atoms with Crippen LogP contribution in [0, 0.1) is 0 Å². The molecule has 3 amide bonds. The van der Waals surface area contributed by atoms with E-state index in [0.717, 1.165) is 10.5 Å². The maximum atomic E-state index is 13.5. The topological polar surface area (TPSA) is 88.9 Å². The van der Waals surface area contributed by atoms with Crippen molar-refractivity contribution in [2.24, 2.45) is 0 Å². The van der Waals surface area contributed by atoms with Gasteiger partial charge in [-0.3, -0.25) is 4.79 Å². The van der Waals surface area contributed by atoms with Gasteiger partial charge in [0, 0.05) is 12.8 Å². The number of methoxy groups -OCH3 is 2. The van der Waals surface area contributed by atoms with E-state index in [4.69, 9.17) is 9.47 Å². The zero-order valence-corrected chi connectivity index (χ0v) is 19.2. The fourth-order valence-corrected chi connectivity index (χ4v) is 5.58. The minimum Gasteiger partial charge on any atom is -0.493 e. The molecular formula is C22H36N4O4+2. The van der Waals surface area contributed by atoms with Crippen LogP contribution in [0.15, 0.2) is 18.2 Å². The monoisotopic (exact) mass is 420 g/mol. The summed E-state index contributed by atoms with van der Waals surface area (Å²) in [7, 11) is 5.18. The Morgan fingerprint density at radius 1 is 1.10 bits per heavy atom. The molecule has 0 bridgehead atoms. The van der Waals surface area contributed by atoms with Gasteiger partial charge in [-0.15, -0.1) is 0 Å². The van der Waals surface area contributed by atoms with Crippen LogP contribution in [0.1, 0.15) is 46.1 Å². The van der Waals surface area contributed by atoms with Crippen LogP contribution in [0.25, 0.3) is 0 Å². The van der Waals surface area contributed by atoms with Crippen LogP contribution < -0.4 is 25.0 Å². The molecule has 2 aliphatic rings. The first-order chi connectivity index (χ1) is 13.9. The standard InChI is InChI=1S/C22H34N4O4/c1-20(2)12-22(13-21(3,4)24-20)18(27)26(19(28)23-22)14-25(5)11-15-9-8-10-16(29-6)17(15)30-7/h8-10,24H,11-14H2,1-7H3,(H,23,28)/p+2. The van der Waals surface area contributed by atoms with Gasteiger partial charge in [-0.2, -0.15) is 0 Å². The third-order valence-corrected chi connectivity index (χ3v) is 5.95. The number of hydrogen-bond donors (Lipinski definition) is 3. The Morgan fingerprint density at radius 2 is 1.73 bits per heavy atom. The second kappa shape index (κ2) is 7.74. The summed E-state index contributed by atoms with van der Waals surface area (Å²) in [5.41, 5.74) is -0.126. The van der Waals surface area contributed by atoms with Gasteiger partial charge in [0.2, 0.25) is 0 Å². The molecule has 0 aliphatic carbocycles. The fraction of sp³-hybridized carbons (Fsp3) is 0.636. The van der Waals surface area contributed by atoms with Crippen molar-refractivity contribution in [3.8, 4) is 11.5 Å². The number of carbonyl (C=O) groups is 2. The molecule has 2 fully saturated rings. The van der Waals surface area contributed by atoms with Gasteiger partial charge in [-0.05, 0) is 39.8 Å². The molecule has 8 heteroatoms. The van der Waals surface area contributed by atoms with Crippen molar-refractivity contribution in [2.45, 2.75) is 63.7 Å². The van der Waals surface area contributed by atoms with Crippen LogP contribution >= 0.6 is 0 Å². The smallest absolute Gasteiger partial charge is 0.329 e. The second-order valence-electron chi connectivity index (χ2n) is 10.2. The highest BCUT2D eigenvalue weighted by Crippen LogP contribution is 2.35. The molecule has 1 spiro atoms. The molecule has 0 saturated carbocycles. The first-order valence-electron chi connectivity index (χ1n) is 10.4. The van der Waals surface area contributed by atoms with E-state index >= 15 is 0 Å². The van der Waals surface area contributed by atoms with Crippen LogP contribution in [0.5, 0.6) is 11.5 Å². The van der Waals surface area contributed by atoms with Gasteiger partial charge in [0.05, 0.1) is 37.9 Å². The molecule has 1 aromatic carbocycles. The summed E-state index contributed by atoms with van der Waals surface area (Å²) >= 11 is 0. The maximum absolute atomic E-state index is 13.5. The van der Waals surface area contributed by atoms with Crippen molar-refractivity contribution in [3.63, 3.8) is 0 Å².